The van der Waals surface area contributed by atoms with Gasteiger partial charge in [0.25, 0.3) is 0 Å². The lowest BCUT2D eigenvalue weighted by atomic mass is 9.84. The van der Waals surface area contributed by atoms with Crippen LogP contribution in [0.1, 0.15) is 51.3 Å². The molecule has 0 amide bonds. The molecule has 1 N–H and O–H groups in total. The van der Waals surface area contributed by atoms with Gasteiger partial charge in [0, 0.05) is 5.56 Å². The summed E-state index contributed by atoms with van der Waals surface area (Å²) < 4.78 is 6.19. The largest absolute Gasteiger partial charge is 0.507 e. The molecule has 22 heavy (non-hydrogen) atoms. The van der Waals surface area contributed by atoms with Gasteiger partial charge in [-0.25, -0.2) is 0 Å². The lowest BCUT2D eigenvalue weighted by molar-refractivity contribution is 0.105. The Kier molecular flexibility index (Phi) is 4.23. The van der Waals surface area contributed by atoms with Gasteiger partial charge >= 0.3 is 0 Å². The second kappa shape index (κ2) is 5.68. The van der Waals surface area contributed by atoms with E-state index in [4.69, 9.17) is 4.74 Å². The SMILES string of the molecule is C.CCCc1cc(O)c2c(c1)OC(C)(C)c1ccc(C)cc1-2. The third-order valence-corrected chi connectivity index (χ3v) is 4.14. The van der Waals surface area contributed by atoms with Crippen molar-refractivity contribution in [1.29, 1.82) is 0 Å². The van der Waals surface area contributed by atoms with Crippen LogP contribution >= 0.6 is 0 Å². The van der Waals surface area contributed by atoms with Crippen molar-refractivity contribution >= 4 is 0 Å². The third kappa shape index (κ3) is 2.58. The molecular weight excluding hydrogens is 272 g/mol. The minimum absolute atomic E-state index is 0. The average molecular weight is 298 g/mol. The molecule has 0 bridgehead atoms. The number of phenols is 1. The van der Waals surface area contributed by atoms with Crippen molar-refractivity contribution in [3.8, 4) is 22.6 Å². The van der Waals surface area contributed by atoms with E-state index in [1.807, 2.05) is 6.07 Å². The summed E-state index contributed by atoms with van der Waals surface area (Å²) in [4.78, 5) is 0. The smallest absolute Gasteiger partial charge is 0.132 e. The molecule has 0 spiro atoms. The van der Waals surface area contributed by atoms with Gasteiger partial charge in [0.05, 0.1) is 5.56 Å². The molecule has 0 aliphatic carbocycles. The van der Waals surface area contributed by atoms with Crippen LogP contribution in [-0.2, 0) is 12.0 Å². The zero-order valence-corrected chi connectivity index (χ0v) is 13.2. The number of hydrogen-bond donors (Lipinski definition) is 1. The zero-order valence-electron chi connectivity index (χ0n) is 13.2. The molecule has 3 rings (SSSR count). The number of benzene rings is 2. The maximum absolute atomic E-state index is 10.5. The van der Waals surface area contributed by atoms with Crippen molar-refractivity contribution in [2.75, 3.05) is 0 Å². The van der Waals surface area contributed by atoms with Crippen LogP contribution < -0.4 is 4.74 Å². The Morgan fingerprint density at radius 1 is 1.14 bits per heavy atom. The topological polar surface area (TPSA) is 29.5 Å². The summed E-state index contributed by atoms with van der Waals surface area (Å²) in [5.74, 6) is 1.11. The molecule has 0 radical (unpaired) electrons. The van der Waals surface area contributed by atoms with Crippen LogP contribution in [0.4, 0.5) is 0 Å². The molecule has 0 saturated heterocycles. The highest BCUT2D eigenvalue weighted by Gasteiger charge is 2.34. The van der Waals surface area contributed by atoms with Crippen molar-refractivity contribution in [1.82, 2.24) is 0 Å². The zero-order chi connectivity index (χ0) is 15.2. The molecule has 0 aromatic heterocycles. The van der Waals surface area contributed by atoms with E-state index in [0.717, 1.165) is 40.8 Å². The normalized spacial score (nSPS) is 14.4. The summed E-state index contributed by atoms with van der Waals surface area (Å²) in [6.07, 6.45) is 2.00. The monoisotopic (exact) mass is 298 g/mol. The lowest BCUT2D eigenvalue weighted by Crippen LogP contribution is -2.29. The first-order chi connectivity index (χ1) is 9.92. The molecule has 0 saturated carbocycles. The second-order valence-corrected chi connectivity index (χ2v) is 6.40. The summed E-state index contributed by atoms with van der Waals surface area (Å²) in [5.41, 5.74) is 4.97. The van der Waals surface area contributed by atoms with Crippen molar-refractivity contribution in [2.45, 2.75) is 53.6 Å². The van der Waals surface area contributed by atoms with E-state index in [9.17, 15) is 5.11 Å². The first-order valence-corrected chi connectivity index (χ1v) is 7.59. The second-order valence-electron chi connectivity index (χ2n) is 6.40. The van der Waals surface area contributed by atoms with Gasteiger partial charge in [-0.3, -0.25) is 0 Å². The van der Waals surface area contributed by atoms with Crippen LogP contribution in [0.5, 0.6) is 11.5 Å². The Hall–Kier alpha value is -1.96. The van der Waals surface area contributed by atoms with Gasteiger partial charge in [-0.15, -0.1) is 0 Å². The molecule has 1 heterocycles. The Labute approximate surface area is 133 Å². The minimum atomic E-state index is -0.382. The van der Waals surface area contributed by atoms with Gasteiger partial charge in [-0.1, -0.05) is 44.5 Å². The summed E-state index contributed by atoms with van der Waals surface area (Å²) in [7, 11) is 0. The predicted molar refractivity (Wildman–Crippen MR) is 92.7 cm³/mol. The van der Waals surface area contributed by atoms with Gasteiger partial charge in [0.1, 0.15) is 17.1 Å². The fourth-order valence-electron chi connectivity index (χ4n) is 3.16. The number of fused-ring (bicyclic) bond motifs is 3. The molecule has 2 heteroatoms. The quantitative estimate of drug-likeness (QED) is 0.783. The predicted octanol–water partition coefficient (Wildman–Crippen LogP) is 5.58. The first kappa shape index (κ1) is 16.4. The van der Waals surface area contributed by atoms with Crippen molar-refractivity contribution in [2.24, 2.45) is 0 Å². The molecule has 2 nitrogen and oxygen atoms in total. The van der Waals surface area contributed by atoms with Crippen molar-refractivity contribution < 1.29 is 9.84 Å². The number of phenolic OH excluding ortho intramolecular Hbond substituents is 1. The van der Waals surface area contributed by atoms with E-state index in [0.29, 0.717) is 5.75 Å². The molecule has 2 aromatic carbocycles. The van der Waals surface area contributed by atoms with E-state index in [2.05, 4.69) is 52.0 Å². The van der Waals surface area contributed by atoms with E-state index in [1.165, 1.54) is 5.56 Å². The number of aryl methyl sites for hydroxylation is 2. The summed E-state index contributed by atoms with van der Waals surface area (Å²) in [6.45, 7) is 8.37. The minimum Gasteiger partial charge on any atom is -0.507 e. The average Bonchev–Trinajstić information content (AvgIpc) is 2.37. The van der Waals surface area contributed by atoms with Crippen molar-refractivity contribution in [3.63, 3.8) is 0 Å². The van der Waals surface area contributed by atoms with E-state index < -0.39 is 0 Å². The van der Waals surface area contributed by atoms with Crippen LogP contribution in [0.25, 0.3) is 11.1 Å². The third-order valence-electron chi connectivity index (χ3n) is 4.14. The van der Waals surface area contributed by atoms with E-state index >= 15 is 0 Å². The van der Waals surface area contributed by atoms with Gasteiger partial charge in [-0.2, -0.15) is 0 Å². The van der Waals surface area contributed by atoms with Crippen molar-refractivity contribution in [3.05, 3.63) is 47.0 Å². The highest BCUT2D eigenvalue weighted by molar-refractivity contribution is 5.82. The fourth-order valence-corrected chi connectivity index (χ4v) is 3.16. The molecular formula is C20H26O2. The number of ether oxygens (including phenoxy) is 1. The van der Waals surface area contributed by atoms with Crippen LogP contribution in [0.15, 0.2) is 30.3 Å². The number of hydrogen-bond acceptors (Lipinski definition) is 2. The summed E-state index contributed by atoms with van der Waals surface area (Å²) >= 11 is 0. The number of rotatable bonds is 2. The molecule has 0 fully saturated rings. The van der Waals surface area contributed by atoms with Crippen LogP contribution in [-0.4, -0.2) is 5.11 Å². The van der Waals surface area contributed by atoms with Gasteiger partial charge < -0.3 is 9.84 Å². The summed E-state index contributed by atoms with van der Waals surface area (Å²) in [6, 6.07) is 10.3. The Morgan fingerprint density at radius 2 is 1.86 bits per heavy atom. The highest BCUT2D eigenvalue weighted by atomic mass is 16.5. The van der Waals surface area contributed by atoms with Gasteiger partial charge in [-0.05, 0) is 50.5 Å². The summed E-state index contributed by atoms with van der Waals surface area (Å²) in [5, 5.41) is 10.5. The van der Waals surface area contributed by atoms with E-state index in [1.54, 1.807) is 0 Å². The van der Waals surface area contributed by atoms with Gasteiger partial charge in [0.2, 0.25) is 0 Å². The maximum atomic E-state index is 10.5. The fraction of sp³-hybridized carbons (Fsp3) is 0.400. The highest BCUT2D eigenvalue weighted by Crippen LogP contribution is 2.49. The van der Waals surface area contributed by atoms with Gasteiger partial charge in [0.15, 0.2) is 0 Å². The Balaban J connectivity index is 0.00000176. The van der Waals surface area contributed by atoms with E-state index in [-0.39, 0.29) is 13.0 Å². The number of aromatic hydroxyl groups is 1. The lowest BCUT2D eigenvalue weighted by Gasteiger charge is -2.35. The Morgan fingerprint density at radius 3 is 2.55 bits per heavy atom. The molecule has 2 aromatic rings. The molecule has 118 valence electrons. The molecule has 0 atom stereocenters. The molecule has 1 aliphatic heterocycles. The van der Waals surface area contributed by atoms with Crippen LogP contribution in [0.2, 0.25) is 0 Å². The maximum Gasteiger partial charge on any atom is 0.132 e. The van der Waals surface area contributed by atoms with Crippen LogP contribution in [0.3, 0.4) is 0 Å². The first-order valence-electron chi connectivity index (χ1n) is 7.59. The standard InChI is InChI=1S/C19H22O2.CH4/c1-5-6-13-10-16(20)18-14-9-12(2)7-8-15(14)19(3,4)21-17(18)11-13;/h7-11,20H,5-6H2,1-4H3;1H4. The molecule has 0 unspecified atom stereocenters. The Bertz CT molecular complexity index is 699. The molecule has 1 aliphatic rings. The van der Waals surface area contributed by atoms with Crippen LogP contribution in [0, 0.1) is 6.92 Å².